The van der Waals surface area contributed by atoms with Crippen LogP contribution in [0.4, 0.5) is 0 Å². The molecule has 0 aromatic rings. The number of hydrogen-bond acceptors (Lipinski definition) is 4. The van der Waals surface area contributed by atoms with Gasteiger partial charge in [-0.1, -0.05) is 58.3 Å². The molecule has 4 nitrogen and oxygen atoms in total. The van der Waals surface area contributed by atoms with E-state index in [1.807, 2.05) is 0 Å². The van der Waals surface area contributed by atoms with Gasteiger partial charge in [0.2, 0.25) is 0 Å². The molecule has 0 radical (unpaired) electrons. The molecule has 1 saturated carbocycles. The van der Waals surface area contributed by atoms with Crippen molar-refractivity contribution in [1.82, 2.24) is 0 Å². The molecule has 1 fully saturated rings. The Balaban J connectivity index is 2.21. The number of ketones is 1. The highest BCUT2D eigenvalue weighted by molar-refractivity contribution is 5.83. The van der Waals surface area contributed by atoms with Gasteiger partial charge in [0.1, 0.15) is 5.78 Å². The van der Waals surface area contributed by atoms with Crippen molar-refractivity contribution in [3.63, 3.8) is 0 Å². The predicted molar refractivity (Wildman–Crippen MR) is 100 cm³/mol. The zero-order chi connectivity index (χ0) is 18.5. The van der Waals surface area contributed by atoms with Crippen molar-refractivity contribution in [2.24, 2.45) is 11.8 Å². The van der Waals surface area contributed by atoms with E-state index < -0.39 is 0 Å². The number of esters is 1. The summed E-state index contributed by atoms with van der Waals surface area (Å²) in [6.45, 7) is 2.21. The van der Waals surface area contributed by atoms with Crippen LogP contribution >= 0.6 is 0 Å². The first-order valence-corrected chi connectivity index (χ1v) is 10.4. The van der Waals surface area contributed by atoms with Crippen molar-refractivity contribution in [1.29, 1.82) is 0 Å². The van der Waals surface area contributed by atoms with Crippen LogP contribution in [0.15, 0.2) is 0 Å². The highest BCUT2D eigenvalue weighted by atomic mass is 16.5. The fourth-order valence-corrected chi connectivity index (χ4v) is 4.03. The van der Waals surface area contributed by atoms with Crippen LogP contribution in [-0.2, 0) is 14.3 Å². The van der Waals surface area contributed by atoms with Gasteiger partial charge in [0, 0.05) is 18.8 Å². The minimum absolute atomic E-state index is 0.0613. The molecule has 0 aliphatic heterocycles. The maximum Gasteiger partial charge on any atom is 0.305 e. The van der Waals surface area contributed by atoms with Crippen molar-refractivity contribution < 1.29 is 19.4 Å². The minimum atomic E-state index is -0.308. The Labute approximate surface area is 153 Å². The van der Waals surface area contributed by atoms with Gasteiger partial charge in [-0.2, -0.15) is 0 Å². The summed E-state index contributed by atoms with van der Waals surface area (Å²) in [6.07, 6.45) is 13.4. The molecule has 0 aromatic carbocycles. The molecule has 4 heteroatoms. The van der Waals surface area contributed by atoms with E-state index in [9.17, 15) is 14.7 Å². The Morgan fingerprint density at radius 1 is 1.12 bits per heavy atom. The Hall–Kier alpha value is -0.900. The Kier molecular flexibility index (Phi) is 11.8. The molecule has 0 amide bonds. The van der Waals surface area contributed by atoms with Crippen molar-refractivity contribution in [3.05, 3.63) is 0 Å². The number of aliphatic hydroxyl groups excluding tert-OH is 1. The van der Waals surface area contributed by atoms with Gasteiger partial charge in [-0.3, -0.25) is 9.59 Å². The van der Waals surface area contributed by atoms with E-state index in [4.69, 9.17) is 0 Å². The molecule has 25 heavy (non-hydrogen) atoms. The molecule has 1 unspecified atom stereocenters. The van der Waals surface area contributed by atoms with Crippen molar-refractivity contribution in [2.45, 2.75) is 103 Å². The number of carbonyl (C=O) groups excluding carboxylic acids is 2. The van der Waals surface area contributed by atoms with Gasteiger partial charge < -0.3 is 9.84 Å². The quantitative estimate of drug-likeness (QED) is 0.359. The first-order valence-electron chi connectivity index (χ1n) is 10.4. The van der Waals surface area contributed by atoms with Crippen LogP contribution in [-0.4, -0.2) is 30.1 Å². The lowest BCUT2D eigenvalue weighted by atomic mass is 9.84. The van der Waals surface area contributed by atoms with E-state index in [2.05, 4.69) is 11.7 Å². The smallest absolute Gasteiger partial charge is 0.305 e. The van der Waals surface area contributed by atoms with E-state index >= 15 is 0 Å². The van der Waals surface area contributed by atoms with E-state index in [0.717, 1.165) is 51.4 Å². The predicted octanol–water partition coefficient (Wildman–Crippen LogP) is 4.82. The summed E-state index contributed by atoms with van der Waals surface area (Å²) in [5, 5.41) is 10.5. The van der Waals surface area contributed by atoms with Gasteiger partial charge in [0.25, 0.3) is 0 Å². The standard InChI is InChI=1S/C21H38O4/c1-3-4-5-6-10-13-19(22)18-15-16-20(23)17(18)12-9-7-8-11-14-21(24)25-2/h17-19,22H,3-16H2,1-2H3/t17-,18+,19?/m1/s1. The van der Waals surface area contributed by atoms with Crippen LogP contribution < -0.4 is 0 Å². The molecular formula is C21H38O4. The van der Waals surface area contributed by atoms with Crippen LogP contribution in [0, 0.1) is 11.8 Å². The average molecular weight is 355 g/mol. The molecule has 1 aliphatic carbocycles. The van der Waals surface area contributed by atoms with Crippen molar-refractivity contribution in [2.75, 3.05) is 7.11 Å². The van der Waals surface area contributed by atoms with Crippen LogP contribution in [0.25, 0.3) is 0 Å². The number of methoxy groups -OCH3 is 1. The van der Waals surface area contributed by atoms with E-state index in [0.29, 0.717) is 18.6 Å². The van der Waals surface area contributed by atoms with Gasteiger partial charge in [-0.15, -0.1) is 0 Å². The minimum Gasteiger partial charge on any atom is -0.469 e. The first kappa shape index (κ1) is 22.1. The Morgan fingerprint density at radius 3 is 2.52 bits per heavy atom. The highest BCUT2D eigenvalue weighted by Crippen LogP contribution is 2.36. The molecule has 0 bridgehead atoms. The number of unbranched alkanes of at least 4 members (excludes halogenated alkanes) is 7. The van der Waals surface area contributed by atoms with Crippen LogP contribution in [0.3, 0.4) is 0 Å². The van der Waals surface area contributed by atoms with Gasteiger partial charge >= 0.3 is 5.97 Å². The zero-order valence-corrected chi connectivity index (χ0v) is 16.3. The summed E-state index contributed by atoms with van der Waals surface area (Å²) < 4.78 is 4.63. The van der Waals surface area contributed by atoms with E-state index in [-0.39, 0.29) is 23.9 Å². The fourth-order valence-electron chi connectivity index (χ4n) is 4.03. The average Bonchev–Trinajstić information content (AvgIpc) is 2.98. The fraction of sp³-hybridized carbons (Fsp3) is 0.905. The normalized spacial score (nSPS) is 21.5. The molecule has 146 valence electrons. The topological polar surface area (TPSA) is 63.6 Å². The SMILES string of the molecule is CCCCCCCC(O)[C@H]1CCC(=O)[C@@H]1CCCCCCC(=O)OC. The summed E-state index contributed by atoms with van der Waals surface area (Å²) in [5.41, 5.74) is 0. The maximum absolute atomic E-state index is 12.2. The highest BCUT2D eigenvalue weighted by Gasteiger charge is 2.37. The number of Topliss-reactive ketones (excluding diaryl/α,β-unsaturated/α-hetero) is 1. The molecule has 1 rings (SSSR count). The van der Waals surface area contributed by atoms with Crippen LogP contribution in [0.2, 0.25) is 0 Å². The molecule has 0 heterocycles. The second kappa shape index (κ2) is 13.3. The van der Waals surface area contributed by atoms with Gasteiger partial charge in [0.05, 0.1) is 13.2 Å². The molecule has 0 spiro atoms. The van der Waals surface area contributed by atoms with Gasteiger partial charge in [0.15, 0.2) is 0 Å². The first-order chi connectivity index (χ1) is 12.1. The van der Waals surface area contributed by atoms with Crippen molar-refractivity contribution in [3.8, 4) is 0 Å². The third-order valence-electron chi connectivity index (χ3n) is 5.63. The molecular weight excluding hydrogens is 316 g/mol. The lowest BCUT2D eigenvalue weighted by molar-refractivity contribution is -0.140. The largest absolute Gasteiger partial charge is 0.469 e. The number of carbonyl (C=O) groups is 2. The molecule has 1 aliphatic rings. The number of aliphatic hydroxyl groups is 1. The lowest BCUT2D eigenvalue weighted by Gasteiger charge is -2.24. The molecule has 0 saturated heterocycles. The summed E-state index contributed by atoms with van der Waals surface area (Å²) in [7, 11) is 1.42. The number of rotatable bonds is 14. The number of hydrogen-bond donors (Lipinski definition) is 1. The van der Waals surface area contributed by atoms with Gasteiger partial charge in [-0.25, -0.2) is 0 Å². The Bertz CT molecular complexity index is 380. The van der Waals surface area contributed by atoms with Gasteiger partial charge in [-0.05, 0) is 31.6 Å². The monoisotopic (exact) mass is 354 g/mol. The second-order valence-corrected chi connectivity index (χ2v) is 7.57. The molecule has 1 N–H and O–H groups in total. The molecule has 3 atom stereocenters. The summed E-state index contributed by atoms with van der Waals surface area (Å²) in [5.74, 6) is 0.442. The second-order valence-electron chi connectivity index (χ2n) is 7.57. The maximum atomic E-state index is 12.2. The van der Waals surface area contributed by atoms with Crippen molar-refractivity contribution >= 4 is 11.8 Å². The van der Waals surface area contributed by atoms with E-state index in [1.165, 1.54) is 32.8 Å². The third kappa shape index (κ3) is 8.84. The zero-order valence-electron chi connectivity index (χ0n) is 16.3. The van der Waals surface area contributed by atoms with Crippen LogP contribution in [0.5, 0.6) is 0 Å². The third-order valence-corrected chi connectivity index (χ3v) is 5.63. The molecule has 0 aromatic heterocycles. The Morgan fingerprint density at radius 2 is 1.80 bits per heavy atom. The lowest BCUT2D eigenvalue weighted by Crippen LogP contribution is -2.26. The summed E-state index contributed by atoms with van der Waals surface area (Å²) >= 11 is 0. The van der Waals surface area contributed by atoms with E-state index in [1.54, 1.807) is 0 Å². The summed E-state index contributed by atoms with van der Waals surface area (Å²) in [6, 6.07) is 0. The number of ether oxygens (including phenoxy) is 1. The summed E-state index contributed by atoms with van der Waals surface area (Å²) in [4.78, 5) is 23.2. The van der Waals surface area contributed by atoms with Crippen LogP contribution in [0.1, 0.15) is 96.8 Å².